The maximum atomic E-state index is 12.8. The van der Waals surface area contributed by atoms with Gasteiger partial charge in [-0.15, -0.1) is 0 Å². The van der Waals surface area contributed by atoms with Gasteiger partial charge in [-0.05, 0) is 74.1 Å². The van der Waals surface area contributed by atoms with E-state index in [0.29, 0.717) is 27.9 Å². The van der Waals surface area contributed by atoms with E-state index in [-0.39, 0.29) is 29.6 Å². The SMILES string of the molecule is Cc1c(Cl)cccc1NC(=O)c1ccc(N2C(=O)[C@H]3C[C@H](C)CC[C@H]3C2=O)cc1. The average molecular weight is 411 g/mol. The van der Waals surface area contributed by atoms with Crippen molar-refractivity contribution in [1.82, 2.24) is 0 Å². The van der Waals surface area contributed by atoms with Crippen molar-refractivity contribution >= 4 is 40.7 Å². The first-order valence-corrected chi connectivity index (χ1v) is 10.3. The van der Waals surface area contributed by atoms with Crippen LogP contribution in [0.25, 0.3) is 0 Å². The number of anilines is 2. The standard InChI is InChI=1S/C23H23ClN2O3/c1-13-6-11-17-18(12-13)23(29)26(22(17)28)16-9-7-15(8-10-16)21(27)25-20-5-3-4-19(24)14(20)2/h3-5,7-10,13,17-18H,6,11-12H2,1-2H3,(H,25,27)/t13-,17-,18+/m1/s1. The van der Waals surface area contributed by atoms with Gasteiger partial charge in [-0.1, -0.05) is 24.6 Å². The first-order chi connectivity index (χ1) is 13.9. The largest absolute Gasteiger partial charge is 0.322 e. The average Bonchev–Trinajstić information content (AvgIpc) is 2.95. The molecule has 150 valence electrons. The highest BCUT2D eigenvalue weighted by molar-refractivity contribution is 6.31. The summed E-state index contributed by atoms with van der Waals surface area (Å²) in [6.07, 6.45) is 2.52. The lowest BCUT2D eigenvalue weighted by molar-refractivity contribution is -0.122. The fourth-order valence-corrected chi connectivity index (χ4v) is 4.52. The molecule has 1 saturated heterocycles. The number of benzene rings is 2. The van der Waals surface area contributed by atoms with Gasteiger partial charge in [0.25, 0.3) is 5.91 Å². The van der Waals surface area contributed by atoms with Crippen molar-refractivity contribution in [3.63, 3.8) is 0 Å². The van der Waals surface area contributed by atoms with Crippen LogP contribution >= 0.6 is 11.6 Å². The Bertz CT molecular complexity index is 986. The number of carbonyl (C=O) groups excluding carboxylic acids is 3. The molecule has 3 amide bonds. The predicted octanol–water partition coefficient (Wildman–Crippen LogP) is 4.83. The number of fused-ring (bicyclic) bond motifs is 1. The molecule has 2 aliphatic rings. The summed E-state index contributed by atoms with van der Waals surface area (Å²) in [5, 5.41) is 3.43. The molecule has 4 rings (SSSR count). The molecule has 0 aromatic heterocycles. The van der Waals surface area contributed by atoms with Gasteiger partial charge >= 0.3 is 0 Å². The van der Waals surface area contributed by atoms with Gasteiger partial charge in [0.2, 0.25) is 11.8 Å². The molecule has 2 aromatic carbocycles. The van der Waals surface area contributed by atoms with E-state index in [1.54, 1.807) is 42.5 Å². The number of nitrogens with zero attached hydrogens (tertiary/aromatic N) is 1. The van der Waals surface area contributed by atoms with Crippen LogP contribution < -0.4 is 10.2 Å². The number of carbonyl (C=O) groups is 3. The third-order valence-corrected chi connectivity index (χ3v) is 6.50. The lowest BCUT2D eigenvalue weighted by Gasteiger charge is -2.25. The second kappa shape index (κ2) is 7.64. The van der Waals surface area contributed by atoms with Crippen molar-refractivity contribution in [2.24, 2.45) is 17.8 Å². The van der Waals surface area contributed by atoms with Crippen LogP contribution in [-0.2, 0) is 9.59 Å². The van der Waals surface area contributed by atoms with Gasteiger partial charge in [0, 0.05) is 16.3 Å². The van der Waals surface area contributed by atoms with E-state index in [1.165, 1.54) is 4.90 Å². The molecule has 5 nitrogen and oxygen atoms in total. The van der Waals surface area contributed by atoms with E-state index in [9.17, 15) is 14.4 Å². The van der Waals surface area contributed by atoms with Crippen LogP contribution in [0.4, 0.5) is 11.4 Å². The molecule has 3 atom stereocenters. The summed E-state index contributed by atoms with van der Waals surface area (Å²) in [5.41, 5.74) is 2.41. The minimum absolute atomic E-state index is 0.112. The van der Waals surface area contributed by atoms with Crippen molar-refractivity contribution in [3.05, 3.63) is 58.6 Å². The molecular formula is C23H23ClN2O3. The van der Waals surface area contributed by atoms with Crippen molar-refractivity contribution in [2.45, 2.75) is 33.1 Å². The van der Waals surface area contributed by atoms with E-state index in [1.807, 2.05) is 6.92 Å². The van der Waals surface area contributed by atoms with Gasteiger partial charge in [0.05, 0.1) is 17.5 Å². The van der Waals surface area contributed by atoms with Crippen LogP contribution in [0.5, 0.6) is 0 Å². The van der Waals surface area contributed by atoms with Crippen LogP contribution in [0.1, 0.15) is 42.1 Å². The van der Waals surface area contributed by atoms with Crippen LogP contribution in [-0.4, -0.2) is 17.7 Å². The van der Waals surface area contributed by atoms with Crippen LogP contribution in [0.15, 0.2) is 42.5 Å². The van der Waals surface area contributed by atoms with E-state index < -0.39 is 0 Å². The Kier molecular flexibility index (Phi) is 5.17. The minimum Gasteiger partial charge on any atom is -0.322 e. The molecule has 6 heteroatoms. The van der Waals surface area contributed by atoms with Crippen LogP contribution in [0, 0.1) is 24.7 Å². The normalized spacial score (nSPS) is 23.8. The van der Waals surface area contributed by atoms with Gasteiger partial charge in [0.15, 0.2) is 0 Å². The summed E-state index contributed by atoms with van der Waals surface area (Å²) in [4.78, 5) is 39.5. The van der Waals surface area contributed by atoms with E-state index >= 15 is 0 Å². The number of hydrogen-bond acceptors (Lipinski definition) is 3. The van der Waals surface area contributed by atoms with E-state index in [2.05, 4.69) is 12.2 Å². The first-order valence-electron chi connectivity index (χ1n) is 9.91. The Labute approximate surface area is 175 Å². The molecule has 1 N–H and O–H groups in total. The monoisotopic (exact) mass is 410 g/mol. The molecule has 1 saturated carbocycles. The molecule has 0 unspecified atom stereocenters. The molecule has 0 spiro atoms. The lowest BCUT2D eigenvalue weighted by Crippen LogP contribution is -2.30. The Balaban J connectivity index is 1.52. The first kappa shape index (κ1) is 19.6. The highest BCUT2D eigenvalue weighted by Gasteiger charge is 2.49. The predicted molar refractivity (Wildman–Crippen MR) is 113 cm³/mol. The van der Waals surface area contributed by atoms with Crippen molar-refractivity contribution in [1.29, 1.82) is 0 Å². The molecule has 0 radical (unpaired) electrons. The van der Waals surface area contributed by atoms with Gasteiger partial charge in [0.1, 0.15) is 0 Å². The highest BCUT2D eigenvalue weighted by atomic mass is 35.5. The Morgan fingerprint density at radius 3 is 2.45 bits per heavy atom. The number of hydrogen-bond donors (Lipinski definition) is 1. The maximum absolute atomic E-state index is 12.8. The zero-order valence-electron chi connectivity index (χ0n) is 16.4. The molecule has 29 heavy (non-hydrogen) atoms. The third-order valence-electron chi connectivity index (χ3n) is 6.09. The summed E-state index contributed by atoms with van der Waals surface area (Å²) in [6.45, 7) is 3.97. The summed E-state index contributed by atoms with van der Waals surface area (Å²) >= 11 is 6.10. The van der Waals surface area contributed by atoms with Crippen LogP contribution in [0.2, 0.25) is 5.02 Å². The van der Waals surface area contributed by atoms with Crippen molar-refractivity contribution in [3.8, 4) is 0 Å². The van der Waals surface area contributed by atoms with Gasteiger partial charge < -0.3 is 5.32 Å². The highest BCUT2D eigenvalue weighted by Crippen LogP contribution is 2.42. The zero-order valence-corrected chi connectivity index (χ0v) is 17.2. The second-order valence-corrected chi connectivity index (χ2v) is 8.46. The Morgan fingerprint density at radius 2 is 1.72 bits per heavy atom. The summed E-state index contributed by atoms with van der Waals surface area (Å²) < 4.78 is 0. The molecule has 1 heterocycles. The Morgan fingerprint density at radius 1 is 1.03 bits per heavy atom. The maximum Gasteiger partial charge on any atom is 0.255 e. The molecule has 2 fully saturated rings. The molecule has 2 aromatic rings. The molecule has 1 aliphatic carbocycles. The number of nitrogens with one attached hydrogen (secondary N) is 1. The van der Waals surface area contributed by atoms with Crippen molar-refractivity contribution in [2.75, 3.05) is 10.2 Å². The summed E-state index contributed by atoms with van der Waals surface area (Å²) in [7, 11) is 0. The fourth-order valence-electron chi connectivity index (χ4n) is 4.34. The summed E-state index contributed by atoms with van der Waals surface area (Å²) in [5.74, 6) is -0.443. The quantitative estimate of drug-likeness (QED) is 0.737. The number of halogens is 1. The number of imide groups is 1. The van der Waals surface area contributed by atoms with E-state index in [4.69, 9.17) is 11.6 Å². The number of amides is 3. The molecular weight excluding hydrogens is 388 g/mol. The minimum atomic E-state index is -0.275. The molecule has 0 bridgehead atoms. The van der Waals surface area contributed by atoms with Crippen molar-refractivity contribution < 1.29 is 14.4 Å². The Hall–Kier alpha value is -2.66. The number of rotatable bonds is 3. The van der Waals surface area contributed by atoms with Crippen LogP contribution in [0.3, 0.4) is 0 Å². The topological polar surface area (TPSA) is 66.5 Å². The lowest BCUT2D eigenvalue weighted by atomic mass is 9.76. The molecule has 1 aliphatic heterocycles. The van der Waals surface area contributed by atoms with Gasteiger partial charge in [-0.2, -0.15) is 0 Å². The zero-order chi connectivity index (χ0) is 20.7. The van der Waals surface area contributed by atoms with Gasteiger partial charge in [-0.25, -0.2) is 0 Å². The van der Waals surface area contributed by atoms with E-state index in [0.717, 1.165) is 24.8 Å². The second-order valence-electron chi connectivity index (χ2n) is 8.06. The fraction of sp³-hybridized carbons (Fsp3) is 0.348. The smallest absolute Gasteiger partial charge is 0.255 e. The summed E-state index contributed by atoms with van der Waals surface area (Å²) in [6, 6.07) is 11.9. The van der Waals surface area contributed by atoms with Gasteiger partial charge in [-0.3, -0.25) is 19.3 Å². The third kappa shape index (κ3) is 3.55.